The molecule has 1 saturated carbocycles. The van der Waals surface area contributed by atoms with E-state index in [9.17, 15) is 14.4 Å². The van der Waals surface area contributed by atoms with Crippen LogP contribution in [0.2, 0.25) is 0 Å². The zero-order valence-corrected chi connectivity index (χ0v) is 21.0. The molecule has 1 aliphatic heterocycles. The first-order valence-corrected chi connectivity index (χ1v) is 13.0. The summed E-state index contributed by atoms with van der Waals surface area (Å²) >= 11 is 1.22. The molecule has 10 nitrogen and oxygen atoms in total. The molecular weight excluding hydrogens is 502 g/mol. The minimum atomic E-state index is -0.391. The van der Waals surface area contributed by atoms with Gasteiger partial charge in [0.15, 0.2) is 0 Å². The topological polar surface area (TPSA) is 129 Å². The van der Waals surface area contributed by atoms with E-state index in [1.54, 1.807) is 41.8 Å². The minimum Gasteiger partial charge on any atom is -0.348 e. The van der Waals surface area contributed by atoms with Crippen molar-refractivity contribution in [1.82, 2.24) is 25.6 Å². The van der Waals surface area contributed by atoms with Crippen LogP contribution in [-0.2, 0) is 4.79 Å². The molecule has 0 spiro atoms. The summed E-state index contributed by atoms with van der Waals surface area (Å²) in [4.78, 5) is 54.3. The molecule has 190 valence electrons. The second kappa shape index (κ2) is 9.67. The van der Waals surface area contributed by atoms with Crippen molar-refractivity contribution in [2.24, 2.45) is 0 Å². The van der Waals surface area contributed by atoms with Gasteiger partial charge in [0.25, 0.3) is 5.91 Å². The number of carbonyl (C=O) groups is 3. The molecule has 2 aliphatic rings. The molecule has 0 bridgehead atoms. The van der Waals surface area contributed by atoms with Gasteiger partial charge in [0, 0.05) is 42.4 Å². The lowest BCUT2D eigenvalue weighted by atomic mass is 10.1. The number of aromatic nitrogens is 3. The summed E-state index contributed by atoms with van der Waals surface area (Å²) in [6, 6.07) is 8.30. The summed E-state index contributed by atoms with van der Waals surface area (Å²) in [5.74, 6) is -0.577. The highest BCUT2D eigenvalue weighted by Gasteiger charge is 2.35. The van der Waals surface area contributed by atoms with Gasteiger partial charge < -0.3 is 16.0 Å². The molecule has 4 aromatic heterocycles. The van der Waals surface area contributed by atoms with Crippen LogP contribution >= 0.6 is 11.3 Å². The number of pyridine rings is 3. The second-order valence-electron chi connectivity index (χ2n) is 9.05. The summed E-state index contributed by atoms with van der Waals surface area (Å²) in [6.45, 7) is 3.50. The monoisotopic (exact) mass is 525 g/mol. The highest BCUT2D eigenvalue weighted by molar-refractivity contribution is 7.21. The zero-order chi connectivity index (χ0) is 26.2. The summed E-state index contributed by atoms with van der Waals surface area (Å²) in [7, 11) is 0. The number of hydrogen-bond donors (Lipinski definition) is 3. The van der Waals surface area contributed by atoms with Gasteiger partial charge in [-0.25, -0.2) is 9.78 Å². The Labute approximate surface area is 221 Å². The van der Waals surface area contributed by atoms with Gasteiger partial charge in [-0.05, 0) is 55.7 Å². The van der Waals surface area contributed by atoms with Crippen LogP contribution < -0.4 is 20.9 Å². The smallest absolute Gasteiger partial charge is 0.331 e. The summed E-state index contributed by atoms with van der Waals surface area (Å²) in [5.41, 5.74) is 3.21. The number of urea groups is 1. The average molecular weight is 526 g/mol. The largest absolute Gasteiger partial charge is 0.348 e. The Balaban J connectivity index is 1.34. The molecule has 3 N–H and O–H groups in total. The highest BCUT2D eigenvalue weighted by Crippen LogP contribution is 2.46. The fourth-order valence-corrected chi connectivity index (χ4v) is 6.03. The maximum Gasteiger partial charge on any atom is 0.331 e. The van der Waals surface area contributed by atoms with E-state index in [0.717, 1.165) is 24.8 Å². The van der Waals surface area contributed by atoms with Crippen molar-refractivity contribution in [1.29, 1.82) is 0 Å². The summed E-state index contributed by atoms with van der Waals surface area (Å²) in [5, 5.41) is 9.56. The van der Waals surface area contributed by atoms with Gasteiger partial charge in [-0.3, -0.25) is 24.5 Å². The Kier molecular flexibility index (Phi) is 6.04. The molecular formula is C27H23N7O3S. The fourth-order valence-electron chi connectivity index (χ4n) is 5.01. The molecule has 1 aliphatic carbocycles. The minimum absolute atomic E-state index is 0.172. The van der Waals surface area contributed by atoms with E-state index in [-0.39, 0.29) is 23.9 Å². The molecule has 38 heavy (non-hydrogen) atoms. The number of nitrogens with zero attached hydrogens (tertiary/aromatic N) is 4. The van der Waals surface area contributed by atoms with Gasteiger partial charge in [0.05, 0.1) is 28.1 Å². The molecule has 11 heteroatoms. The van der Waals surface area contributed by atoms with E-state index < -0.39 is 6.03 Å². The third kappa shape index (κ3) is 4.16. The van der Waals surface area contributed by atoms with Crippen LogP contribution in [0.4, 0.5) is 21.9 Å². The van der Waals surface area contributed by atoms with Crippen LogP contribution in [0.25, 0.3) is 21.5 Å². The maximum atomic E-state index is 13.4. The number of thiophene rings is 1. The Bertz CT molecular complexity index is 1590. The van der Waals surface area contributed by atoms with Crippen LogP contribution in [-0.4, -0.2) is 44.9 Å². The van der Waals surface area contributed by atoms with Gasteiger partial charge in [-0.1, -0.05) is 6.58 Å². The molecule has 4 amide bonds. The average Bonchev–Trinajstić information content (AvgIpc) is 3.54. The first kappa shape index (κ1) is 23.7. The van der Waals surface area contributed by atoms with Gasteiger partial charge in [-0.2, -0.15) is 0 Å². The molecule has 0 saturated heterocycles. The van der Waals surface area contributed by atoms with E-state index in [2.05, 4.69) is 37.5 Å². The third-order valence-corrected chi connectivity index (χ3v) is 7.85. The molecule has 6 rings (SSSR count). The number of carbonyl (C=O) groups excluding carboxylic acids is 3. The van der Waals surface area contributed by atoms with Crippen LogP contribution in [0.3, 0.4) is 0 Å². The van der Waals surface area contributed by atoms with Crippen LogP contribution in [0, 0.1) is 0 Å². The number of hydrogen-bond acceptors (Lipinski definition) is 7. The van der Waals surface area contributed by atoms with Crippen molar-refractivity contribution in [3.8, 4) is 11.3 Å². The summed E-state index contributed by atoms with van der Waals surface area (Å²) < 4.78 is 0. The fraction of sp³-hybridized carbons (Fsp3) is 0.185. The van der Waals surface area contributed by atoms with E-state index in [1.165, 1.54) is 17.4 Å². The van der Waals surface area contributed by atoms with E-state index >= 15 is 0 Å². The standard InChI is InChI=1S/C27H23N7O3S/c1-2-21(35)31-17-6-3-7-18(17)32-25(36)24-23-22-20(9-12-30-26(22)38-24)34(27(37)33-23)16-8-11-29-19(13-16)15-5-4-10-28-14-15/h2,4-5,8-14,17-18H,1,3,6-7H2,(H,31,35)(H,32,36)(H,33,37)/t17-,18-/m1/s1. The molecule has 1 fully saturated rings. The van der Waals surface area contributed by atoms with Crippen LogP contribution in [0.1, 0.15) is 28.9 Å². The third-order valence-electron chi connectivity index (χ3n) is 6.76. The first-order chi connectivity index (χ1) is 18.5. The van der Waals surface area contributed by atoms with Crippen molar-refractivity contribution in [2.75, 3.05) is 10.2 Å². The Morgan fingerprint density at radius 1 is 1.11 bits per heavy atom. The van der Waals surface area contributed by atoms with Crippen molar-refractivity contribution in [3.63, 3.8) is 0 Å². The first-order valence-electron chi connectivity index (χ1n) is 12.2. The Hall–Kier alpha value is -4.64. The van der Waals surface area contributed by atoms with E-state index in [4.69, 9.17) is 0 Å². The molecule has 2 atom stereocenters. The lowest BCUT2D eigenvalue weighted by Crippen LogP contribution is -2.48. The predicted octanol–water partition coefficient (Wildman–Crippen LogP) is 4.39. The Morgan fingerprint density at radius 2 is 1.92 bits per heavy atom. The quantitative estimate of drug-likeness (QED) is 0.320. The van der Waals surface area contributed by atoms with Gasteiger partial charge in [0.2, 0.25) is 5.91 Å². The number of anilines is 3. The number of amides is 4. The highest BCUT2D eigenvalue weighted by atomic mass is 32.1. The predicted molar refractivity (Wildman–Crippen MR) is 145 cm³/mol. The molecule has 0 radical (unpaired) electrons. The maximum absolute atomic E-state index is 13.4. The normalized spacial score (nSPS) is 18.2. The van der Waals surface area contributed by atoms with Crippen molar-refractivity contribution >= 4 is 56.5 Å². The lowest BCUT2D eigenvalue weighted by Gasteiger charge is -2.28. The molecule has 0 aromatic carbocycles. The second-order valence-corrected chi connectivity index (χ2v) is 10.1. The van der Waals surface area contributed by atoms with Gasteiger partial charge >= 0.3 is 6.03 Å². The SMILES string of the molecule is C=CC(=O)N[C@@H]1CCC[C@H]1NC(=O)c1sc2nccc3c2c1NC(=O)N3c1ccnc(-c2cccnc2)c1. The lowest BCUT2D eigenvalue weighted by molar-refractivity contribution is -0.117. The molecule has 4 aromatic rings. The van der Waals surface area contributed by atoms with Gasteiger partial charge in [-0.15, -0.1) is 11.3 Å². The summed E-state index contributed by atoms with van der Waals surface area (Å²) in [6.07, 6.45) is 10.3. The van der Waals surface area contributed by atoms with E-state index in [0.29, 0.717) is 37.8 Å². The number of rotatable bonds is 6. The molecule has 5 heterocycles. The van der Waals surface area contributed by atoms with Crippen molar-refractivity contribution < 1.29 is 14.4 Å². The Morgan fingerprint density at radius 3 is 2.71 bits per heavy atom. The van der Waals surface area contributed by atoms with Gasteiger partial charge in [0.1, 0.15) is 9.71 Å². The number of nitrogens with one attached hydrogen (secondary N) is 3. The van der Waals surface area contributed by atoms with E-state index in [1.807, 2.05) is 18.2 Å². The zero-order valence-electron chi connectivity index (χ0n) is 20.2. The molecule has 0 unspecified atom stereocenters. The van der Waals surface area contributed by atoms with Crippen LogP contribution in [0.15, 0.2) is 67.8 Å². The van der Waals surface area contributed by atoms with Crippen molar-refractivity contribution in [3.05, 3.63) is 72.7 Å². The van der Waals surface area contributed by atoms with Crippen molar-refractivity contribution in [2.45, 2.75) is 31.3 Å². The van der Waals surface area contributed by atoms with Crippen LogP contribution in [0.5, 0.6) is 0 Å².